The van der Waals surface area contributed by atoms with Gasteiger partial charge in [0, 0.05) is 5.54 Å². The van der Waals surface area contributed by atoms with E-state index in [-0.39, 0.29) is 16.3 Å². The van der Waals surface area contributed by atoms with Gasteiger partial charge < -0.3 is 10.8 Å². The highest BCUT2D eigenvalue weighted by Crippen LogP contribution is 2.37. The number of hydrogen-bond donors (Lipinski definition) is 2. The number of rotatable bonds is 3. The first-order valence-electron chi connectivity index (χ1n) is 4.97. The van der Waals surface area contributed by atoms with Crippen molar-refractivity contribution < 1.29 is 9.50 Å². The van der Waals surface area contributed by atoms with E-state index < -0.39 is 5.82 Å². The highest BCUT2D eigenvalue weighted by atomic mass is 35.5. The summed E-state index contributed by atoms with van der Waals surface area (Å²) in [6, 6.07) is 2.97. The van der Waals surface area contributed by atoms with E-state index in [4.69, 9.17) is 22.4 Å². The molecular formula is C11H13ClFNO. The molecule has 0 spiro atoms. The van der Waals surface area contributed by atoms with Gasteiger partial charge >= 0.3 is 0 Å². The van der Waals surface area contributed by atoms with Gasteiger partial charge in [-0.3, -0.25) is 0 Å². The third kappa shape index (κ3) is 2.24. The van der Waals surface area contributed by atoms with Crippen molar-refractivity contribution in [3.05, 3.63) is 28.5 Å². The van der Waals surface area contributed by atoms with Crippen LogP contribution < -0.4 is 5.73 Å². The zero-order valence-electron chi connectivity index (χ0n) is 8.26. The van der Waals surface area contributed by atoms with Crippen LogP contribution in [-0.4, -0.2) is 10.6 Å². The molecule has 3 N–H and O–H groups in total. The molecule has 82 valence electrons. The fraction of sp³-hybridized carbons (Fsp3) is 0.455. The van der Waals surface area contributed by atoms with Gasteiger partial charge in [0.2, 0.25) is 0 Å². The van der Waals surface area contributed by atoms with Gasteiger partial charge in [-0.15, -0.1) is 0 Å². The topological polar surface area (TPSA) is 46.2 Å². The second-order valence-electron chi connectivity index (χ2n) is 4.23. The molecule has 0 aromatic heterocycles. The van der Waals surface area contributed by atoms with Crippen LogP contribution in [0.15, 0.2) is 12.1 Å². The van der Waals surface area contributed by atoms with E-state index in [9.17, 15) is 4.39 Å². The van der Waals surface area contributed by atoms with Crippen LogP contribution in [0.25, 0.3) is 0 Å². The fourth-order valence-corrected chi connectivity index (χ4v) is 1.75. The molecule has 1 aromatic rings. The number of nitrogens with two attached hydrogens (primary N) is 1. The van der Waals surface area contributed by atoms with Gasteiger partial charge in [0.1, 0.15) is 16.6 Å². The summed E-state index contributed by atoms with van der Waals surface area (Å²) in [5.41, 5.74) is 6.34. The first-order chi connectivity index (χ1) is 7.02. The molecule has 0 radical (unpaired) electrons. The van der Waals surface area contributed by atoms with Crippen LogP contribution in [0.4, 0.5) is 4.39 Å². The maximum absolute atomic E-state index is 13.5. The van der Waals surface area contributed by atoms with Gasteiger partial charge in [0.25, 0.3) is 0 Å². The molecular weight excluding hydrogens is 217 g/mol. The highest BCUT2D eigenvalue weighted by Gasteiger charge is 2.37. The van der Waals surface area contributed by atoms with E-state index in [2.05, 4.69) is 0 Å². The molecule has 4 heteroatoms. The standard InChI is InChI=1S/C11H13ClFNO/c12-9-8(15)2-1-7(10(9)13)3-4-11(14)5-6-11/h1-2,15H,3-6,14H2. The Morgan fingerprint density at radius 2 is 2.13 bits per heavy atom. The van der Waals surface area contributed by atoms with Crippen molar-refractivity contribution in [3.8, 4) is 5.75 Å². The number of benzene rings is 1. The lowest BCUT2D eigenvalue weighted by atomic mass is 10.0. The van der Waals surface area contributed by atoms with Crippen molar-refractivity contribution in [2.24, 2.45) is 5.73 Å². The van der Waals surface area contributed by atoms with Crippen LogP contribution >= 0.6 is 11.6 Å². The van der Waals surface area contributed by atoms with Crippen LogP contribution in [0.1, 0.15) is 24.8 Å². The summed E-state index contributed by atoms with van der Waals surface area (Å²) in [6.45, 7) is 0. The molecule has 1 saturated carbocycles. The lowest BCUT2D eigenvalue weighted by Crippen LogP contribution is -2.22. The lowest BCUT2D eigenvalue weighted by Gasteiger charge is -2.09. The summed E-state index contributed by atoms with van der Waals surface area (Å²) in [7, 11) is 0. The van der Waals surface area contributed by atoms with Gasteiger partial charge in [-0.2, -0.15) is 0 Å². The molecule has 0 bridgehead atoms. The smallest absolute Gasteiger partial charge is 0.148 e. The minimum atomic E-state index is -0.527. The van der Waals surface area contributed by atoms with Gasteiger partial charge in [-0.1, -0.05) is 17.7 Å². The Labute approximate surface area is 92.9 Å². The Balaban J connectivity index is 2.11. The number of halogens is 2. The highest BCUT2D eigenvalue weighted by molar-refractivity contribution is 6.32. The van der Waals surface area contributed by atoms with Gasteiger partial charge in [-0.05, 0) is 37.3 Å². The number of aryl methyl sites for hydroxylation is 1. The summed E-state index contributed by atoms with van der Waals surface area (Å²) in [5, 5.41) is 8.97. The van der Waals surface area contributed by atoms with Gasteiger partial charge in [0.15, 0.2) is 0 Å². The average Bonchev–Trinajstić information content (AvgIpc) is 2.93. The van der Waals surface area contributed by atoms with E-state index in [0.29, 0.717) is 12.0 Å². The van der Waals surface area contributed by atoms with Crippen LogP contribution in [-0.2, 0) is 6.42 Å². The zero-order chi connectivity index (χ0) is 11.1. The van der Waals surface area contributed by atoms with Crippen LogP contribution in [0, 0.1) is 5.82 Å². The second kappa shape index (κ2) is 3.65. The Morgan fingerprint density at radius 1 is 1.47 bits per heavy atom. The molecule has 1 aliphatic carbocycles. The maximum atomic E-state index is 13.5. The second-order valence-corrected chi connectivity index (χ2v) is 4.61. The molecule has 0 amide bonds. The monoisotopic (exact) mass is 229 g/mol. The molecule has 1 fully saturated rings. The number of phenolic OH excluding ortho intramolecular Hbond substituents is 1. The molecule has 1 aromatic carbocycles. The fourth-order valence-electron chi connectivity index (χ4n) is 1.57. The summed E-state index contributed by atoms with van der Waals surface area (Å²) >= 11 is 5.59. The SMILES string of the molecule is NC1(CCc2ccc(O)c(Cl)c2F)CC1. The van der Waals surface area contributed by atoms with E-state index in [1.54, 1.807) is 6.07 Å². The molecule has 2 nitrogen and oxygen atoms in total. The quantitative estimate of drug-likeness (QED) is 0.837. The number of aromatic hydroxyl groups is 1. The van der Waals surface area contributed by atoms with Crippen molar-refractivity contribution in [1.29, 1.82) is 0 Å². The molecule has 15 heavy (non-hydrogen) atoms. The average molecular weight is 230 g/mol. The van der Waals surface area contributed by atoms with Crippen LogP contribution in [0.2, 0.25) is 5.02 Å². The Hall–Kier alpha value is -0.800. The van der Waals surface area contributed by atoms with Crippen molar-refractivity contribution in [2.45, 2.75) is 31.2 Å². The maximum Gasteiger partial charge on any atom is 0.148 e. The largest absolute Gasteiger partial charge is 0.506 e. The third-order valence-electron chi connectivity index (χ3n) is 2.93. The predicted octanol–water partition coefficient (Wildman–Crippen LogP) is 2.61. The molecule has 0 unspecified atom stereocenters. The molecule has 0 heterocycles. The van der Waals surface area contributed by atoms with E-state index in [1.165, 1.54) is 6.07 Å². The first-order valence-corrected chi connectivity index (χ1v) is 5.34. The van der Waals surface area contributed by atoms with Gasteiger partial charge in [0.05, 0.1) is 0 Å². The summed E-state index contributed by atoms with van der Waals surface area (Å²) in [6.07, 6.45) is 3.37. The molecule has 1 aliphatic rings. The van der Waals surface area contributed by atoms with E-state index in [1.807, 2.05) is 0 Å². The normalized spacial score (nSPS) is 17.8. The van der Waals surface area contributed by atoms with Crippen LogP contribution in [0.5, 0.6) is 5.75 Å². The van der Waals surface area contributed by atoms with Crippen molar-refractivity contribution in [2.75, 3.05) is 0 Å². The van der Waals surface area contributed by atoms with E-state index in [0.717, 1.165) is 19.3 Å². The Bertz CT molecular complexity index is 390. The Morgan fingerprint density at radius 3 is 2.73 bits per heavy atom. The summed E-state index contributed by atoms with van der Waals surface area (Å²) in [4.78, 5) is 0. The minimum Gasteiger partial charge on any atom is -0.506 e. The first kappa shape index (κ1) is 10.7. The molecule has 0 atom stereocenters. The Kier molecular flexibility index (Phi) is 2.61. The molecule has 0 saturated heterocycles. The summed E-state index contributed by atoms with van der Waals surface area (Å²) in [5.74, 6) is -0.743. The number of phenols is 1. The minimum absolute atomic E-state index is 0.0865. The molecule has 0 aliphatic heterocycles. The van der Waals surface area contributed by atoms with E-state index >= 15 is 0 Å². The zero-order valence-corrected chi connectivity index (χ0v) is 9.02. The lowest BCUT2D eigenvalue weighted by molar-refractivity contribution is 0.467. The van der Waals surface area contributed by atoms with Crippen LogP contribution in [0.3, 0.4) is 0 Å². The molecule has 2 rings (SSSR count). The number of hydrogen-bond acceptors (Lipinski definition) is 2. The van der Waals surface area contributed by atoms with Crippen molar-refractivity contribution in [1.82, 2.24) is 0 Å². The predicted molar refractivity (Wildman–Crippen MR) is 57.5 cm³/mol. The van der Waals surface area contributed by atoms with Crippen molar-refractivity contribution in [3.63, 3.8) is 0 Å². The van der Waals surface area contributed by atoms with Gasteiger partial charge in [-0.25, -0.2) is 4.39 Å². The third-order valence-corrected chi connectivity index (χ3v) is 3.29. The van der Waals surface area contributed by atoms with Crippen molar-refractivity contribution >= 4 is 11.6 Å². The summed E-state index contributed by atoms with van der Waals surface area (Å²) < 4.78 is 13.5.